The van der Waals surface area contributed by atoms with E-state index < -0.39 is 0 Å². The Morgan fingerprint density at radius 1 is 1.33 bits per heavy atom. The van der Waals surface area contributed by atoms with Crippen LogP contribution in [0, 0.1) is 0 Å². The number of imidazole rings is 1. The first-order valence-corrected chi connectivity index (χ1v) is 6.69. The Morgan fingerprint density at radius 2 is 2.14 bits per heavy atom. The standard InChI is InChI=1S/C17H16N2O2/c1-3-6-11-9-12(10-15(21-2)16(11)20)17-18-13-7-4-5-8-14(13)19-17/h3-5,7-10,20H,1,6H2,2H3,(H,18,19). The van der Waals surface area contributed by atoms with Crippen LogP contribution in [0.5, 0.6) is 11.5 Å². The molecule has 3 aromatic rings. The van der Waals surface area contributed by atoms with Gasteiger partial charge in [0.1, 0.15) is 5.82 Å². The second-order valence-corrected chi connectivity index (χ2v) is 4.78. The van der Waals surface area contributed by atoms with Crippen LogP contribution >= 0.6 is 0 Å². The molecular formula is C17H16N2O2. The van der Waals surface area contributed by atoms with Crippen LogP contribution in [-0.2, 0) is 6.42 Å². The summed E-state index contributed by atoms with van der Waals surface area (Å²) in [5.74, 6) is 1.34. The molecule has 0 saturated carbocycles. The number of nitrogens with one attached hydrogen (secondary N) is 1. The lowest BCUT2D eigenvalue weighted by Crippen LogP contribution is -1.92. The number of ether oxygens (including phenoxy) is 1. The molecule has 0 atom stereocenters. The van der Waals surface area contributed by atoms with Crippen LogP contribution in [0.15, 0.2) is 49.1 Å². The van der Waals surface area contributed by atoms with E-state index in [4.69, 9.17) is 4.74 Å². The SMILES string of the molecule is C=CCc1cc(-c2nc3ccccc3[nH]2)cc(OC)c1O. The molecule has 4 heteroatoms. The van der Waals surface area contributed by atoms with E-state index in [0.717, 1.165) is 28.0 Å². The summed E-state index contributed by atoms with van der Waals surface area (Å²) >= 11 is 0. The summed E-state index contributed by atoms with van der Waals surface area (Å²) in [6.07, 6.45) is 2.31. The maximum absolute atomic E-state index is 10.1. The molecular weight excluding hydrogens is 264 g/mol. The van der Waals surface area contributed by atoms with E-state index in [1.807, 2.05) is 30.3 Å². The van der Waals surface area contributed by atoms with Crippen molar-refractivity contribution < 1.29 is 9.84 Å². The number of fused-ring (bicyclic) bond motifs is 1. The Balaban J connectivity index is 2.16. The second-order valence-electron chi connectivity index (χ2n) is 4.78. The van der Waals surface area contributed by atoms with E-state index in [-0.39, 0.29) is 5.75 Å². The first-order chi connectivity index (χ1) is 10.2. The van der Waals surface area contributed by atoms with Crippen molar-refractivity contribution in [3.63, 3.8) is 0 Å². The van der Waals surface area contributed by atoms with Crippen molar-refractivity contribution in [1.29, 1.82) is 0 Å². The van der Waals surface area contributed by atoms with Gasteiger partial charge >= 0.3 is 0 Å². The van der Waals surface area contributed by atoms with Crippen LogP contribution in [0.4, 0.5) is 0 Å². The van der Waals surface area contributed by atoms with E-state index in [0.29, 0.717) is 12.2 Å². The number of aromatic hydroxyl groups is 1. The number of aromatic amines is 1. The number of benzene rings is 2. The molecule has 0 aliphatic carbocycles. The Morgan fingerprint density at radius 3 is 2.86 bits per heavy atom. The van der Waals surface area contributed by atoms with Crippen LogP contribution in [0.3, 0.4) is 0 Å². The highest BCUT2D eigenvalue weighted by atomic mass is 16.5. The Bertz CT molecular complexity index is 773. The molecule has 0 fully saturated rings. The zero-order valence-electron chi connectivity index (χ0n) is 11.8. The maximum atomic E-state index is 10.1. The molecule has 0 spiro atoms. The van der Waals surface area contributed by atoms with E-state index in [9.17, 15) is 5.11 Å². The van der Waals surface area contributed by atoms with Crippen molar-refractivity contribution in [2.24, 2.45) is 0 Å². The van der Waals surface area contributed by atoms with Crippen molar-refractivity contribution >= 4 is 11.0 Å². The molecule has 2 N–H and O–H groups in total. The zero-order valence-corrected chi connectivity index (χ0v) is 11.8. The fourth-order valence-electron chi connectivity index (χ4n) is 2.36. The van der Waals surface area contributed by atoms with Crippen LogP contribution in [-0.4, -0.2) is 22.2 Å². The van der Waals surface area contributed by atoms with Gasteiger partial charge in [-0.1, -0.05) is 18.2 Å². The fraction of sp³-hybridized carbons (Fsp3) is 0.118. The lowest BCUT2D eigenvalue weighted by molar-refractivity contribution is 0.371. The molecule has 21 heavy (non-hydrogen) atoms. The smallest absolute Gasteiger partial charge is 0.161 e. The molecule has 0 bridgehead atoms. The van der Waals surface area contributed by atoms with E-state index in [2.05, 4.69) is 16.5 Å². The van der Waals surface area contributed by atoms with Crippen molar-refractivity contribution in [2.75, 3.05) is 7.11 Å². The van der Waals surface area contributed by atoms with Gasteiger partial charge in [0.25, 0.3) is 0 Å². The van der Waals surface area contributed by atoms with Crippen molar-refractivity contribution in [3.05, 3.63) is 54.6 Å². The summed E-state index contributed by atoms with van der Waals surface area (Å²) < 4.78 is 5.24. The second kappa shape index (κ2) is 5.32. The molecule has 106 valence electrons. The van der Waals surface area contributed by atoms with Gasteiger partial charge in [-0.15, -0.1) is 6.58 Å². The van der Waals surface area contributed by atoms with Gasteiger partial charge in [0.2, 0.25) is 0 Å². The third kappa shape index (κ3) is 2.36. The van der Waals surface area contributed by atoms with Gasteiger partial charge in [-0.05, 0) is 30.7 Å². The summed E-state index contributed by atoms with van der Waals surface area (Å²) in [6.45, 7) is 3.71. The molecule has 1 heterocycles. The topological polar surface area (TPSA) is 58.1 Å². The largest absolute Gasteiger partial charge is 0.504 e. The molecule has 4 nitrogen and oxygen atoms in total. The van der Waals surface area contributed by atoms with Gasteiger partial charge in [0, 0.05) is 11.1 Å². The predicted molar refractivity (Wildman–Crippen MR) is 83.6 cm³/mol. The highest BCUT2D eigenvalue weighted by molar-refractivity contribution is 5.80. The number of hydrogen-bond acceptors (Lipinski definition) is 3. The van der Waals surface area contributed by atoms with E-state index >= 15 is 0 Å². The first kappa shape index (κ1) is 13.2. The fourth-order valence-corrected chi connectivity index (χ4v) is 2.36. The summed E-state index contributed by atoms with van der Waals surface area (Å²) in [4.78, 5) is 7.85. The number of hydrogen-bond donors (Lipinski definition) is 2. The zero-order chi connectivity index (χ0) is 14.8. The molecule has 0 aliphatic rings. The lowest BCUT2D eigenvalue weighted by atomic mass is 10.1. The van der Waals surface area contributed by atoms with Crippen molar-refractivity contribution in [3.8, 4) is 22.9 Å². The van der Waals surface area contributed by atoms with Gasteiger partial charge in [-0.2, -0.15) is 0 Å². The number of nitrogens with zero attached hydrogens (tertiary/aromatic N) is 1. The van der Waals surface area contributed by atoms with Gasteiger partial charge in [-0.25, -0.2) is 4.98 Å². The predicted octanol–water partition coefficient (Wildman–Crippen LogP) is 3.67. The van der Waals surface area contributed by atoms with Gasteiger partial charge in [-0.3, -0.25) is 0 Å². The van der Waals surface area contributed by atoms with Gasteiger partial charge < -0.3 is 14.8 Å². The van der Waals surface area contributed by atoms with E-state index in [1.54, 1.807) is 12.1 Å². The van der Waals surface area contributed by atoms with Gasteiger partial charge in [0.05, 0.1) is 18.1 Å². The summed E-state index contributed by atoms with van der Waals surface area (Å²) in [6, 6.07) is 11.5. The normalized spacial score (nSPS) is 10.7. The van der Waals surface area contributed by atoms with Crippen LogP contribution in [0.25, 0.3) is 22.4 Å². The van der Waals surface area contributed by atoms with Gasteiger partial charge in [0.15, 0.2) is 11.5 Å². The molecule has 0 saturated heterocycles. The van der Waals surface area contributed by atoms with Crippen LogP contribution in [0.2, 0.25) is 0 Å². The monoisotopic (exact) mass is 280 g/mol. The molecule has 0 aliphatic heterocycles. The summed E-state index contributed by atoms with van der Waals surface area (Å²) in [5, 5.41) is 10.1. The highest BCUT2D eigenvalue weighted by Crippen LogP contribution is 2.35. The number of phenolic OH excluding ortho intramolecular Hbond substituents is 1. The lowest BCUT2D eigenvalue weighted by Gasteiger charge is -2.10. The molecule has 0 unspecified atom stereocenters. The number of H-pyrrole nitrogens is 1. The summed E-state index contributed by atoms with van der Waals surface area (Å²) in [7, 11) is 1.54. The number of rotatable bonds is 4. The number of methoxy groups -OCH3 is 1. The Labute approximate surface area is 122 Å². The molecule has 2 aromatic carbocycles. The molecule has 1 aromatic heterocycles. The highest BCUT2D eigenvalue weighted by Gasteiger charge is 2.13. The minimum atomic E-state index is 0.150. The first-order valence-electron chi connectivity index (χ1n) is 6.69. The molecule has 0 radical (unpaired) electrons. The maximum Gasteiger partial charge on any atom is 0.161 e. The number of para-hydroxylation sites is 2. The summed E-state index contributed by atoms with van der Waals surface area (Å²) in [5.41, 5.74) is 3.52. The Kier molecular flexibility index (Phi) is 3.36. The van der Waals surface area contributed by atoms with Crippen molar-refractivity contribution in [1.82, 2.24) is 9.97 Å². The molecule has 0 amide bonds. The number of allylic oxidation sites excluding steroid dienone is 1. The molecule has 3 rings (SSSR count). The third-order valence-corrected chi connectivity index (χ3v) is 3.40. The Hall–Kier alpha value is -2.75. The third-order valence-electron chi connectivity index (χ3n) is 3.40. The average Bonchev–Trinajstić information content (AvgIpc) is 2.93. The van der Waals surface area contributed by atoms with Crippen LogP contribution in [0.1, 0.15) is 5.56 Å². The minimum Gasteiger partial charge on any atom is -0.504 e. The minimum absolute atomic E-state index is 0.150. The average molecular weight is 280 g/mol. The van der Waals surface area contributed by atoms with Crippen LogP contribution < -0.4 is 4.74 Å². The van der Waals surface area contributed by atoms with E-state index in [1.165, 1.54) is 7.11 Å². The quantitative estimate of drug-likeness (QED) is 0.717. The number of aromatic nitrogens is 2. The number of phenols is 1. The van der Waals surface area contributed by atoms with Crippen molar-refractivity contribution in [2.45, 2.75) is 6.42 Å².